The fourth-order valence-corrected chi connectivity index (χ4v) is 8.02. The predicted octanol–water partition coefficient (Wildman–Crippen LogP) is 6.08. The maximum Gasteiger partial charge on any atom is 0.308 e. The Morgan fingerprint density at radius 1 is 1.15 bits per heavy atom. The molecule has 0 aliphatic heterocycles. The van der Waals surface area contributed by atoms with Crippen LogP contribution in [0.25, 0.3) is 21.0 Å². The molecular formula is C28H26ClN3O7S2. The smallest absolute Gasteiger partial charge is 0.308 e. The van der Waals surface area contributed by atoms with Crippen LogP contribution in [-0.2, 0) is 30.7 Å². The summed E-state index contributed by atoms with van der Waals surface area (Å²) in [5.74, 6) is -0.405. The van der Waals surface area contributed by atoms with Crippen molar-refractivity contribution in [2.24, 2.45) is 0 Å². The van der Waals surface area contributed by atoms with Gasteiger partial charge in [-0.2, -0.15) is 4.31 Å². The molecule has 1 unspecified atom stereocenters. The van der Waals surface area contributed by atoms with Gasteiger partial charge in [0, 0.05) is 49.1 Å². The van der Waals surface area contributed by atoms with Gasteiger partial charge in [0.25, 0.3) is 22.3 Å². The van der Waals surface area contributed by atoms with E-state index in [1.165, 1.54) is 25.4 Å². The summed E-state index contributed by atoms with van der Waals surface area (Å²) in [6.45, 7) is 4.75. The average Bonchev–Trinajstić information content (AvgIpc) is 3.48. The molecule has 10 nitrogen and oxygen atoms in total. The lowest BCUT2D eigenvalue weighted by molar-refractivity contribution is -0.131. The van der Waals surface area contributed by atoms with Gasteiger partial charge >= 0.3 is 5.97 Å². The second-order valence-corrected chi connectivity index (χ2v) is 12.1. The maximum absolute atomic E-state index is 14.7. The largest absolute Gasteiger partial charge is 0.426 e. The van der Waals surface area contributed by atoms with Crippen molar-refractivity contribution in [2.45, 2.75) is 38.5 Å². The zero-order chi connectivity index (χ0) is 29.3. The first-order valence-corrected chi connectivity index (χ1v) is 15.2. The molecule has 0 amide bonds. The number of sulfonamides is 1. The van der Waals surface area contributed by atoms with Crippen LogP contribution < -0.4 is 9.04 Å². The summed E-state index contributed by atoms with van der Waals surface area (Å²) in [6, 6.07) is 14.5. The monoisotopic (exact) mass is 615 g/mol. The van der Waals surface area contributed by atoms with Gasteiger partial charge in [-0.15, -0.1) is 11.3 Å². The van der Waals surface area contributed by atoms with Crippen LogP contribution in [0.1, 0.15) is 30.0 Å². The van der Waals surface area contributed by atoms with E-state index in [0.29, 0.717) is 32.1 Å². The highest BCUT2D eigenvalue weighted by Gasteiger charge is 2.41. The number of methoxy groups -OCH3 is 1. The number of nitrogens with zero attached hydrogens (tertiary/aromatic N) is 3. The number of hydrogen-bond acceptors (Lipinski definition) is 10. The molecule has 0 saturated heterocycles. The van der Waals surface area contributed by atoms with E-state index in [9.17, 15) is 13.2 Å². The Balaban J connectivity index is 1.77. The number of carbonyl (C=O) groups excluding carboxylic acids is 1. The van der Waals surface area contributed by atoms with Gasteiger partial charge in [0.2, 0.25) is 0 Å². The molecule has 5 aromatic rings. The number of benzene rings is 2. The lowest BCUT2D eigenvalue weighted by Crippen LogP contribution is -2.43. The topological polar surface area (TPSA) is 121 Å². The summed E-state index contributed by atoms with van der Waals surface area (Å²) in [7, 11) is -3.18. The molecule has 214 valence electrons. The van der Waals surface area contributed by atoms with Crippen LogP contribution in [0, 0.1) is 6.92 Å². The third kappa shape index (κ3) is 5.41. The van der Waals surface area contributed by atoms with E-state index in [4.69, 9.17) is 30.3 Å². The normalized spacial score (nSPS) is 12.6. The van der Waals surface area contributed by atoms with Crippen LogP contribution >= 0.6 is 22.9 Å². The molecule has 0 N–H and O–H groups in total. The number of hydrogen-bond donors (Lipinski definition) is 0. The van der Waals surface area contributed by atoms with Gasteiger partial charge in [0.05, 0.1) is 0 Å². The molecule has 13 heteroatoms. The molecule has 41 heavy (non-hydrogen) atoms. The number of rotatable bonds is 10. The summed E-state index contributed by atoms with van der Waals surface area (Å²) in [4.78, 5) is 17.3. The Kier molecular flexibility index (Phi) is 8.30. The second-order valence-electron chi connectivity index (χ2n) is 8.93. The number of fused-ring (bicyclic) bond motifs is 2. The van der Waals surface area contributed by atoms with Crippen LogP contribution in [0.4, 0.5) is 5.88 Å². The van der Waals surface area contributed by atoms with Crippen molar-refractivity contribution in [3.63, 3.8) is 0 Å². The van der Waals surface area contributed by atoms with E-state index in [-0.39, 0.29) is 28.8 Å². The molecule has 1 atom stereocenters. The lowest BCUT2D eigenvalue weighted by Gasteiger charge is -2.28. The van der Waals surface area contributed by atoms with Crippen LogP contribution in [0.15, 0.2) is 64.1 Å². The highest BCUT2D eigenvalue weighted by molar-refractivity contribution is 7.93. The molecule has 0 bridgehead atoms. The van der Waals surface area contributed by atoms with Gasteiger partial charge in [-0.3, -0.25) is 4.79 Å². The van der Waals surface area contributed by atoms with Gasteiger partial charge in [-0.25, -0.2) is 13.4 Å². The van der Waals surface area contributed by atoms with Crippen molar-refractivity contribution in [2.75, 3.05) is 18.0 Å². The molecule has 5 rings (SSSR count). The summed E-state index contributed by atoms with van der Waals surface area (Å²) in [5, 5.41) is 5.97. The molecule has 3 aromatic heterocycles. The molecule has 0 spiro atoms. The molecule has 0 fully saturated rings. The number of halogens is 1. The van der Waals surface area contributed by atoms with E-state index in [1.54, 1.807) is 38.2 Å². The Morgan fingerprint density at radius 2 is 1.90 bits per heavy atom. The summed E-state index contributed by atoms with van der Waals surface area (Å²) < 4.78 is 52.3. The van der Waals surface area contributed by atoms with E-state index < -0.39 is 22.4 Å². The van der Waals surface area contributed by atoms with Gasteiger partial charge in [-0.1, -0.05) is 47.1 Å². The van der Waals surface area contributed by atoms with Crippen molar-refractivity contribution in [1.29, 1.82) is 0 Å². The number of thiophene rings is 1. The summed E-state index contributed by atoms with van der Waals surface area (Å²) in [6.07, 6.45) is 0.292. The van der Waals surface area contributed by atoms with E-state index in [2.05, 4.69) is 10.1 Å². The highest BCUT2D eigenvalue weighted by atomic mass is 35.5. The number of aromatic nitrogens is 2. The summed E-state index contributed by atoms with van der Waals surface area (Å²) >= 11 is 7.68. The first kappa shape index (κ1) is 29.0. The van der Waals surface area contributed by atoms with E-state index in [0.717, 1.165) is 15.1 Å². The van der Waals surface area contributed by atoms with Crippen molar-refractivity contribution < 1.29 is 31.9 Å². The standard InChI is InChI=1S/C28H26ClN3O7S2/c1-5-37-28(36-4)32(27-24(29)16(2)31-39-27)41(34,35)25-20-11-8-14-30-26(20)40-23(25)15-21-19-10-7-6-9-18(19)12-13-22(21)38-17(3)33/h6-14,28H,5,15H2,1-4H3. The zero-order valence-corrected chi connectivity index (χ0v) is 25.0. The number of ether oxygens (including phenoxy) is 3. The maximum atomic E-state index is 14.7. The van der Waals surface area contributed by atoms with E-state index in [1.807, 2.05) is 30.3 Å². The second kappa shape index (κ2) is 11.7. The first-order chi connectivity index (χ1) is 19.7. The molecule has 0 saturated carbocycles. The molecular weight excluding hydrogens is 590 g/mol. The number of anilines is 1. The van der Waals surface area contributed by atoms with Crippen LogP contribution in [0.3, 0.4) is 0 Å². The molecule has 0 aliphatic rings. The van der Waals surface area contributed by atoms with Crippen molar-refractivity contribution in [3.05, 3.63) is 75.9 Å². The lowest BCUT2D eigenvalue weighted by atomic mass is 10.00. The fourth-order valence-electron chi connectivity index (χ4n) is 4.54. The Morgan fingerprint density at radius 3 is 2.59 bits per heavy atom. The van der Waals surface area contributed by atoms with Gasteiger partial charge in [0.15, 0.2) is 0 Å². The first-order valence-electron chi connectivity index (χ1n) is 12.5. The minimum atomic E-state index is -4.49. The van der Waals surface area contributed by atoms with Crippen molar-refractivity contribution >= 4 is 65.8 Å². The Hall–Kier alpha value is -3.55. The van der Waals surface area contributed by atoms with Crippen LogP contribution in [0.5, 0.6) is 5.75 Å². The number of carbonyl (C=O) groups is 1. The highest BCUT2D eigenvalue weighted by Crippen LogP contribution is 2.42. The van der Waals surface area contributed by atoms with Crippen molar-refractivity contribution in [3.8, 4) is 5.75 Å². The number of esters is 1. The Labute approximate surface area is 245 Å². The third-order valence-corrected chi connectivity index (χ3v) is 9.79. The number of pyridine rings is 1. The SMILES string of the molecule is CCOC(OC)N(c1onc(C)c1Cl)S(=O)(=O)c1c(Cc2c(OC(C)=O)ccc3ccccc23)sc2ncccc12. The van der Waals surface area contributed by atoms with E-state index >= 15 is 0 Å². The minimum absolute atomic E-state index is 0.000682. The minimum Gasteiger partial charge on any atom is -0.426 e. The van der Waals surface area contributed by atoms with Gasteiger partial charge in [-0.05, 0) is 42.8 Å². The molecule has 0 radical (unpaired) electrons. The third-order valence-electron chi connectivity index (χ3n) is 6.27. The Bertz CT molecular complexity index is 1850. The van der Waals surface area contributed by atoms with Crippen LogP contribution in [0.2, 0.25) is 5.02 Å². The molecule has 0 aliphatic carbocycles. The number of aryl methyl sites for hydroxylation is 1. The average molecular weight is 616 g/mol. The van der Waals surface area contributed by atoms with Crippen molar-refractivity contribution in [1.82, 2.24) is 10.1 Å². The zero-order valence-electron chi connectivity index (χ0n) is 22.6. The van der Waals surface area contributed by atoms with Gasteiger partial charge in [0.1, 0.15) is 26.2 Å². The summed E-state index contributed by atoms with van der Waals surface area (Å²) in [5.41, 5.74) is 0.946. The molecule has 3 heterocycles. The quantitative estimate of drug-likeness (QED) is 0.105. The van der Waals surface area contributed by atoms with Gasteiger partial charge < -0.3 is 18.7 Å². The predicted molar refractivity (Wildman–Crippen MR) is 156 cm³/mol. The van der Waals surface area contributed by atoms with Crippen LogP contribution in [-0.4, -0.2) is 44.7 Å². The fraction of sp³-hybridized carbons (Fsp3) is 0.250. The molecule has 2 aromatic carbocycles.